The number of hydrogen-bond donors (Lipinski definition) is 1. The van der Waals surface area contributed by atoms with Crippen molar-refractivity contribution in [1.29, 1.82) is 0 Å². The van der Waals surface area contributed by atoms with Gasteiger partial charge in [0.15, 0.2) is 0 Å². The summed E-state index contributed by atoms with van der Waals surface area (Å²) in [5.74, 6) is 1.17. The first-order valence-corrected chi connectivity index (χ1v) is 7.19. The van der Waals surface area contributed by atoms with E-state index in [0.29, 0.717) is 23.3 Å². The van der Waals surface area contributed by atoms with Gasteiger partial charge in [-0.05, 0) is 5.56 Å². The number of rotatable bonds is 5. The second-order valence-corrected chi connectivity index (χ2v) is 5.13. The van der Waals surface area contributed by atoms with Crippen molar-refractivity contribution in [2.24, 2.45) is 5.73 Å². The summed E-state index contributed by atoms with van der Waals surface area (Å²) < 4.78 is 10.4. The van der Waals surface area contributed by atoms with Gasteiger partial charge in [-0.3, -0.25) is 0 Å². The lowest BCUT2D eigenvalue weighted by Gasteiger charge is -2.16. The standard InChI is InChI=1S/C16H17N5O2/c1-10(14(17)11-6-4-3-5-7-11)16-20-15(21-23-16)12-8-13(22-2)19-9-18-12/h3-10,14H,17H2,1-2H3. The van der Waals surface area contributed by atoms with E-state index in [2.05, 4.69) is 20.1 Å². The lowest BCUT2D eigenvalue weighted by atomic mass is 9.95. The van der Waals surface area contributed by atoms with Crippen molar-refractivity contribution in [1.82, 2.24) is 20.1 Å². The first kappa shape index (κ1) is 15.1. The third-order valence-electron chi connectivity index (χ3n) is 3.63. The largest absolute Gasteiger partial charge is 0.481 e. The van der Waals surface area contributed by atoms with Crippen molar-refractivity contribution in [3.05, 3.63) is 54.2 Å². The highest BCUT2D eigenvalue weighted by molar-refractivity contribution is 5.49. The highest BCUT2D eigenvalue weighted by atomic mass is 16.5. The van der Waals surface area contributed by atoms with Gasteiger partial charge in [0.25, 0.3) is 0 Å². The molecule has 2 aromatic heterocycles. The average molecular weight is 311 g/mol. The summed E-state index contributed by atoms with van der Waals surface area (Å²) >= 11 is 0. The minimum atomic E-state index is -0.232. The fraction of sp³-hybridized carbons (Fsp3) is 0.250. The molecule has 0 amide bonds. The predicted molar refractivity (Wildman–Crippen MR) is 83.7 cm³/mol. The minimum Gasteiger partial charge on any atom is -0.481 e. The van der Waals surface area contributed by atoms with Crippen LogP contribution in [0.4, 0.5) is 0 Å². The van der Waals surface area contributed by atoms with Crippen LogP contribution < -0.4 is 10.5 Å². The van der Waals surface area contributed by atoms with Gasteiger partial charge in [-0.15, -0.1) is 0 Å². The van der Waals surface area contributed by atoms with E-state index in [1.165, 1.54) is 13.4 Å². The Bertz CT molecular complexity index is 775. The topological polar surface area (TPSA) is 100.0 Å². The van der Waals surface area contributed by atoms with Crippen LogP contribution in [0.2, 0.25) is 0 Å². The van der Waals surface area contributed by atoms with Gasteiger partial charge in [0, 0.05) is 12.1 Å². The van der Waals surface area contributed by atoms with E-state index in [0.717, 1.165) is 5.56 Å². The molecule has 0 aliphatic heterocycles. The van der Waals surface area contributed by atoms with E-state index < -0.39 is 0 Å². The van der Waals surface area contributed by atoms with Crippen LogP contribution in [0.3, 0.4) is 0 Å². The van der Waals surface area contributed by atoms with Crippen molar-refractivity contribution < 1.29 is 9.26 Å². The van der Waals surface area contributed by atoms with Gasteiger partial charge < -0.3 is 15.0 Å². The summed E-state index contributed by atoms with van der Waals surface area (Å²) in [6, 6.07) is 11.2. The predicted octanol–water partition coefficient (Wildman–Crippen LogP) is 2.34. The van der Waals surface area contributed by atoms with E-state index in [-0.39, 0.29) is 12.0 Å². The summed E-state index contributed by atoms with van der Waals surface area (Å²) in [7, 11) is 1.54. The second-order valence-electron chi connectivity index (χ2n) is 5.13. The zero-order chi connectivity index (χ0) is 16.2. The molecule has 7 heteroatoms. The maximum absolute atomic E-state index is 6.29. The summed E-state index contributed by atoms with van der Waals surface area (Å²) in [5, 5.41) is 3.97. The van der Waals surface area contributed by atoms with Crippen LogP contribution in [0, 0.1) is 0 Å². The van der Waals surface area contributed by atoms with Crippen molar-refractivity contribution >= 4 is 0 Å². The van der Waals surface area contributed by atoms with Gasteiger partial charge in [0.2, 0.25) is 17.6 Å². The summed E-state index contributed by atoms with van der Waals surface area (Å²) in [6.07, 6.45) is 1.39. The van der Waals surface area contributed by atoms with E-state index in [1.54, 1.807) is 6.07 Å². The van der Waals surface area contributed by atoms with Crippen LogP contribution in [-0.2, 0) is 0 Å². The Morgan fingerprint density at radius 3 is 2.70 bits per heavy atom. The Kier molecular flexibility index (Phi) is 4.29. The van der Waals surface area contributed by atoms with E-state index >= 15 is 0 Å². The zero-order valence-electron chi connectivity index (χ0n) is 12.9. The third-order valence-corrected chi connectivity index (χ3v) is 3.63. The Morgan fingerprint density at radius 2 is 1.96 bits per heavy atom. The molecule has 118 valence electrons. The van der Waals surface area contributed by atoms with Crippen LogP contribution in [0.5, 0.6) is 5.88 Å². The quantitative estimate of drug-likeness (QED) is 0.771. The maximum Gasteiger partial charge on any atom is 0.231 e. The number of ether oxygens (including phenoxy) is 1. The molecule has 0 radical (unpaired) electrons. The normalized spacial score (nSPS) is 13.5. The summed E-state index contributed by atoms with van der Waals surface area (Å²) in [5.41, 5.74) is 7.84. The summed E-state index contributed by atoms with van der Waals surface area (Å²) in [4.78, 5) is 12.5. The smallest absolute Gasteiger partial charge is 0.231 e. The molecule has 0 spiro atoms. The molecular formula is C16H17N5O2. The van der Waals surface area contributed by atoms with Crippen molar-refractivity contribution in [2.75, 3.05) is 7.11 Å². The van der Waals surface area contributed by atoms with Crippen LogP contribution >= 0.6 is 0 Å². The number of nitrogens with two attached hydrogens (primary N) is 1. The number of nitrogens with zero attached hydrogens (tertiary/aromatic N) is 4. The minimum absolute atomic E-state index is 0.123. The van der Waals surface area contributed by atoms with Gasteiger partial charge in [0.1, 0.15) is 12.0 Å². The lowest BCUT2D eigenvalue weighted by molar-refractivity contribution is 0.343. The van der Waals surface area contributed by atoms with Crippen molar-refractivity contribution in [2.45, 2.75) is 18.9 Å². The van der Waals surface area contributed by atoms with Gasteiger partial charge in [-0.1, -0.05) is 42.4 Å². The molecule has 0 bridgehead atoms. The Balaban J connectivity index is 1.83. The number of methoxy groups -OCH3 is 1. The molecule has 2 heterocycles. The SMILES string of the molecule is COc1cc(-c2noc(C(C)C(N)c3ccccc3)n2)ncn1. The molecule has 1 aromatic carbocycles. The Labute approximate surface area is 133 Å². The molecule has 0 saturated heterocycles. The van der Waals surface area contributed by atoms with Crippen molar-refractivity contribution in [3.63, 3.8) is 0 Å². The molecule has 0 aliphatic rings. The first-order chi connectivity index (χ1) is 11.2. The Hall–Kier alpha value is -2.80. The van der Waals surface area contributed by atoms with Crippen LogP contribution in [-0.4, -0.2) is 27.2 Å². The fourth-order valence-electron chi connectivity index (χ4n) is 2.22. The average Bonchev–Trinajstić information content (AvgIpc) is 3.11. The van der Waals surface area contributed by atoms with E-state index in [9.17, 15) is 0 Å². The van der Waals surface area contributed by atoms with E-state index in [4.69, 9.17) is 15.0 Å². The maximum atomic E-state index is 6.29. The molecule has 0 fully saturated rings. The van der Waals surface area contributed by atoms with Crippen LogP contribution in [0.15, 0.2) is 47.2 Å². The molecule has 7 nitrogen and oxygen atoms in total. The second kappa shape index (κ2) is 6.53. The molecule has 23 heavy (non-hydrogen) atoms. The van der Waals surface area contributed by atoms with Crippen LogP contribution in [0.1, 0.15) is 30.3 Å². The van der Waals surface area contributed by atoms with Gasteiger partial charge in [0.05, 0.1) is 13.0 Å². The molecular weight excluding hydrogens is 294 g/mol. The highest BCUT2D eigenvalue weighted by Crippen LogP contribution is 2.28. The van der Waals surface area contributed by atoms with Crippen molar-refractivity contribution in [3.8, 4) is 17.4 Å². The van der Waals surface area contributed by atoms with Crippen LogP contribution in [0.25, 0.3) is 11.5 Å². The van der Waals surface area contributed by atoms with Gasteiger partial charge in [-0.2, -0.15) is 4.98 Å². The fourth-order valence-corrected chi connectivity index (χ4v) is 2.22. The number of benzene rings is 1. The molecule has 3 rings (SSSR count). The summed E-state index contributed by atoms with van der Waals surface area (Å²) in [6.45, 7) is 1.95. The Morgan fingerprint density at radius 1 is 1.17 bits per heavy atom. The van der Waals surface area contributed by atoms with E-state index in [1.807, 2.05) is 37.3 Å². The van der Waals surface area contributed by atoms with Gasteiger partial charge in [-0.25, -0.2) is 9.97 Å². The first-order valence-electron chi connectivity index (χ1n) is 7.19. The number of hydrogen-bond acceptors (Lipinski definition) is 7. The van der Waals surface area contributed by atoms with Gasteiger partial charge >= 0.3 is 0 Å². The lowest BCUT2D eigenvalue weighted by Crippen LogP contribution is -2.17. The molecule has 2 N–H and O–H groups in total. The zero-order valence-corrected chi connectivity index (χ0v) is 12.9. The highest BCUT2D eigenvalue weighted by Gasteiger charge is 2.23. The molecule has 2 atom stereocenters. The molecule has 3 aromatic rings. The molecule has 0 aliphatic carbocycles. The third kappa shape index (κ3) is 3.19. The molecule has 0 saturated carbocycles. The monoisotopic (exact) mass is 311 g/mol. The molecule has 2 unspecified atom stereocenters. The number of aromatic nitrogens is 4.